The molecule has 1 amide bonds. The van der Waals surface area contributed by atoms with E-state index in [1.165, 1.54) is 7.11 Å². The van der Waals surface area contributed by atoms with Gasteiger partial charge in [0.05, 0.1) is 26.3 Å². The molecule has 0 bridgehead atoms. The highest BCUT2D eigenvalue weighted by Crippen LogP contribution is 2.32. The van der Waals surface area contributed by atoms with Crippen molar-refractivity contribution in [2.45, 2.75) is 6.10 Å². The van der Waals surface area contributed by atoms with Crippen molar-refractivity contribution in [1.82, 2.24) is 5.32 Å². The van der Waals surface area contributed by atoms with Crippen LogP contribution in [0.25, 0.3) is 0 Å². The topological polar surface area (TPSA) is 66.0 Å². The van der Waals surface area contributed by atoms with Gasteiger partial charge in [-0.1, -0.05) is 12.1 Å². The van der Waals surface area contributed by atoms with E-state index in [2.05, 4.69) is 27.9 Å². The Bertz CT molecular complexity index is 780. The van der Waals surface area contributed by atoms with Crippen molar-refractivity contribution in [3.63, 3.8) is 0 Å². The Labute approximate surface area is 159 Å². The summed E-state index contributed by atoms with van der Waals surface area (Å²) in [6.07, 6.45) is -0.239. The fourth-order valence-corrected chi connectivity index (χ4v) is 3.18. The zero-order valence-corrected chi connectivity index (χ0v) is 16.0. The summed E-state index contributed by atoms with van der Waals surface area (Å²) in [7, 11) is 3.10. The van der Waals surface area contributed by atoms with E-state index in [4.69, 9.17) is 18.9 Å². The molecule has 2 aromatic carbocycles. The third-order valence-corrected chi connectivity index (χ3v) is 4.67. The predicted molar refractivity (Wildman–Crippen MR) is 101 cm³/mol. The molecule has 1 aliphatic rings. The molecule has 0 saturated carbocycles. The molecule has 3 rings (SSSR count). The summed E-state index contributed by atoms with van der Waals surface area (Å²) in [5.41, 5.74) is 0.523. The molecule has 0 radical (unpaired) electrons. The number of carbonyl (C=O) groups is 1. The van der Waals surface area contributed by atoms with E-state index in [1.807, 2.05) is 24.3 Å². The number of halogens is 1. The minimum Gasteiger partial charge on any atom is -0.493 e. The lowest BCUT2D eigenvalue weighted by atomic mass is 10.2. The molecule has 1 N–H and O–H groups in total. The van der Waals surface area contributed by atoms with Crippen LogP contribution >= 0.6 is 22.6 Å². The van der Waals surface area contributed by atoms with E-state index >= 15 is 0 Å². The van der Waals surface area contributed by atoms with Crippen molar-refractivity contribution >= 4 is 28.5 Å². The molecule has 1 atom stereocenters. The molecule has 25 heavy (non-hydrogen) atoms. The Morgan fingerprint density at radius 1 is 1.20 bits per heavy atom. The monoisotopic (exact) mass is 455 g/mol. The number of benzene rings is 2. The number of carbonyl (C=O) groups excluding carboxylic acids is 1. The molecule has 132 valence electrons. The maximum absolute atomic E-state index is 12.5. The van der Waals surface area contributed by atoms with E-state index in [-0.39, 0.29) is 12.0 Å². The average molecular weight is 455 g/mol. The first-order valence-corrected chi connectivity index (χ1v) is 8.78. The fourth-order valence-electron chi connectivity index (χ4n) is 2.49. The first kappa shape index (κ1) is 17.7. The largest absolute Gasteiger partial charge is 0.493 e. The van der Waals surface area contributed by atoms with Gasteiger partial charge in [0.2, 0.25) is 0 Å². The molecule has 0 saturated heterocycles. The lowest BCUT2D eigenvalue weighted by Gasteiger charge is -2.26. The van der Waals surface area contributed by atoms with Gasteiger partial charge >= 0.3 is 0 Å². The SMILES string of the molecule is COc1cc(I)c(C(=O)NCC2COc3ccccc3O2)cc1OC. The van der Waals surface area contributed by atoms with Gasteiger partial charge in [0.15, 0.2) is 23.0 Å². The van der Waals surface area contributed by atoms with E-state index in [0.29, 0.717) is 36.0 Å². The summed E-state index contributed by atoms with van der Waals surface area (Å²) < 4.78 is 22.8. The average Bonchev–Trinajstić information content (AvgIpc) is 2.65. The number of rotatable bonds is 5. The summed E-state index contributed by atoms with van der Waals surface area (Å²) in [5.74, 6) is 2.31. The van der Waals surface area contributed by atoms with Crippen LogP contribution in [0.2, 0.25) is 0 Å². The minimum atomic E-state index is -0.239. The van der Waals surface area contributed by atoms with Crippen LogP contribution in [-0.2, 0) is 0 Å². The van der Waals surface area contributed by atoms with Crippen LogP contribution in [0.4, 0.5) is 0 Å². The van der Waals surface area contributed by atoms with Crippen LogP contribution in [0.15, 0.2) is 36.4 Å². The van der Waals surface area contributed by atoms with Crippen molar-refractivity contribution in [2.75, 3.05) is 27.4 Å². The maximum atomic E-state index is 12.5. The highest BCUT2D eigenvalue weighted by Gasteiger charge is 2.22. The van der Waals surface area contributed by atoms with Crippen LogP contribution in [0.1, 0.15) is 10.4 Å². The summed E-state index contributed by atoms with van der Waals surface area (Å²) in [5, 5.41) is 2.88. The number of ether oxygens (including phenoxy) is 4. The van der Waals surface area contributed by atoms with Gasteiger partial charge in [-0.05, 0) is 46.9 Å². The second-order valence-corrected chi connectivity index (χ2v) is 6.56. The quantitative estimate of drug-likeness (QED) is 0.703. The van der Waals surface area contributed by atoms with Crippen molar-refractivity contribution in [2.24, 2.45) is 0 Å². The molecule has 0 aromatic heterocycles. The number of nitrogens with one attached hydrogen (secondary N) is 1. The molecule has 0 fully saturated rings. The smallest absolute Gasteiger partial charge is 0.252 e. The molecule has 0 spiro atoms. The van der Waals surface area contributed by atoms with Gasteiger partial charge in [0, 0.05) is 3.57 Å². The van der Waals surface area contributed by atoms with Crippen molar-refractivity contribution in [3.05, 3.63) is 45.5 Å². The normalized spacial score (nSPS) is 15.4. The van der Waals surface area contributed by atoms with Gasteiger partial charge in [0.1, 0.15) is 12.7 Å². The second kappa shape index (κ2) is 7.81. The standard InChI is InChI=1S/C18H18INO5/c1-22-16-7-12(13(19)8-17(16)23-2)18(21)20-9-11-10-24-14-5-3-4-6-15(14)25-11/h3-8,11H,9-10H2,1-2H3,(H,20,21). The first-order valence-electron chi connectivity index (χ1n) is 7.70. The summed E-state index contributed by atoms with van der Waals surface area (Å²) in [4.78, 5) is 12.5. The Morgan fingerprint density at radius 2 is 1.88 bits per heavy atom. The first-order chi connectivity index (χ1) is 12.1. The summed E-state index contributed by atoms with van der Waals surface area (Å²) >= 11 is 2.10. The third-order valence-electron chi connectivity index (χ3n) is 3.78. The Morgan fingerprint density at radius 3 is 2.60 bits per heavy atom. The van der Waals surface area contributed by atoms with Crippen molar-refractivity contribution < 1.29 is 23.7 Å². The summed E-state index contributed by atoms with van der Waals surface area (Å²) in [6.45, 7) is 0.734. The predicted octanol–water partition coefficient (Wildman–Crippen LogP) is 2.88. The fraction of sp³-hybridized carbons (Fsp3) is 0.278. The Hall–Kier alpha value is -2.16. The molecule has 7 heteroatoms. The van der Waals surface area contributed by atoms with Gasteiger partial charge < -0.3 is 24.3 Å². The third kappa shape index (κ3) is 3.92. The second-order valence-electron chi connectivity index (χ2n) is 5.39. The molecule has 1 heterocycles. The zero-order valence-electron chi connectivity index (χ0n) is 13.9. The molecule has 1 aliphatic heterocycles. The number of fused-ring (bicyclic) bond motifs is 1. The highest BCUT2D eigenvalue weighted by molar-refractivity contribution is 14.1. The summed E-state index contributed by atoms with van der Waals surface area (Å²) in [6, 6.07) is 10.9. The lowest BCUT2D eigenvalue weighted by Crippen LogP contribution is -2.40. The number of para-hydroxylation sites is 2. The van der Waals surface area contributed by atoms with E-state index in [1.54, 1.807) is 19.2 Å². The molecule has 0 aliphatic carbocycles. The number of methoxy groups -OCH3 is 2. The molecular formula is C18H18INO5. The van der Waals surface area contributed by atoms with E-state index < -0.39 is 0 Å². The van der Waals surface area contributed by atoms with Crippen molar-refractivity contribution in [3.8, 4) is 23.0 Å². The molecule has 2 aromatic rings. The lowest BCUT2D eigenvalue weighted by molar-refractivity contribution is 0.0788. The number of hydrogen-bond acceptors (Lipinski definition) is 5. The molecular weight excluding hydrogens is 437 g/mol. The van der Waals surface area contributed by atoms with E-state index in [9.17, 15) is 4.79 Å². The van der Waals surface area contributed by atoms with Gasteiger partial charge in [-0.3, -0.25) is 4.79 Å². The van der Waals surface area contributed by atoms with Crippen LogP contribution < -0.4 is 24.3 Å². The molecule has 1 unspecified atom stereocenters. The van der Waals surface area contributed by atoms with Gasteiger partial charge in [-0.25, -0.2) is 0 Å². The molecule has 6 nitrogen and oxygen atoms in total. The van der Waals surface area contributed by atoms with Crippen LogP contribution in [0, 0.1) is 3.57 Å². The van der Waals surface area contributed by atoms with Crippen LogP contribution in [0.3, 0.4) is 0 Å². The number of hydrogen-bond donors (Lipinski definition) is 1. The van der Waals surface area contributed by atoms with Gasteiger partial charge in [0.25, 0.3) is 5.91 Å². The van der Waals surface area contributed by atoms with Gasteiger partial charge in [-0.15, -0.1) is 0 Å². The highest BCUT2D eigenvalue weighted by atomic mass is 127. The zero-order chi connectivity index (χ0) is 17.8. The van der Waals surface area contributed by atoms with Crippen molar-refractivity contribution in [1.29, 1.82) is 0 Å². The van der Waals surface area contributed by atoms with E-state index in [0.717, 1.165) is 9.32 Å². The van der Waals surface area contributed by atoms with Gasteiger partial charge in [-0.2, -0.15) is 0 Å². The van der Waals surface area contributed by atoms with Crippen LogP contribution in [-0.4, -0.2) is 39.4 Å². The Balaban J connectivity index is 1.65. The number of amides is 1. The van der Waals surface area contributed by atoms with Crippen LogP contribution in [0.5, 0.6) is 23.0 Å². The Kier molecular flexibility index (Phi) is 5.52. The minimum absolute atomic E-state index is 0.201. The maximum Gasteiger partial charge on any atom is 0.252 e.